The topological polar surface area (TPSA) is 169 Å². The number of aromatic nitrogens is 2. The minimum Gasteiger partial charge on any atom is -0.446 e. The molecule has 1 aromatic carbocycles. The summed E-state index contributed by atoms with van der Waals surface area (Å²) in [4.78, 5) is 55.7. The molecule has 50 heavy (non-hydrogen) atoms. The van der Waals surface area contributed by atoms with Crippen molar-refractivity contribution in [3.05, 3.63) is 53.9 Å². The number of nitrogens with zero attached hydrogens (tertiary/aromatic N) is 3. The fraction of sp³-hybridized carbons (Fsp3) is 0.545. The van der Waals surface area contributed by atoms with Gasteiger partial charge in [-0.05, 0) is 82.6 Å². The van der Waals surface area contributed by atoms with Crippen molar-refractivity contribution < 1.29 is 45.5 Å². The predicted molar refractivity (Wildman–Crippen MR) is 173 cm³/mol. The Labute approximate surface area is 287 Å². The molecule has 4 amide bonds. The highest BCUT2D eigenvalue weighted by atomic mass is 32.2. The third kappa shape index (κ3) is 7.51. The standard InChI is InChI=1S/C33H39F3N6O7S/c1-19-12-14-42(39-19)27-11-8-20(33(34,35)36)15-26(27)37-31(46)49-22-16-24-25(17-22)29(44)41(2)13-6-4-3-5-7-21-18-32(21,38-28(24)43)30(45)40-50(47,48)23-9-10-23/h5,7-8,11-12,14-15,21-25H,3-4,6,9-10,13,16-18H2,1-2H3,(H,37,46)(H,38,43)(H,40,45)/b7-5+. The number of ether oxygens (including phenoxy) is 1. The molecule has 2 aromatic rings. The molecule has 5 unspecified atom stereocenters. The monoisotopic (exact) mass is 720 g/mol. The van der Waals surface area contributed by atoms with Crippen molar-refractivity contribution in [3.63, 3.8) is 0 Å². The summed E-state index contributed by atoms with van der Waals surface area (Å²) in [7, 11) is -2.29. The highest BCUT2D eigenvalue weighted by Gasteiger charge is 2.62. The highest BCUT2D eigenvalue weighted by Crippen LogP contribution is 2.47. The number of benzene rings is 1. The Morgan fingerprint density at radius 2 is 1.84 bits per heavy atom. The fourth-order valence-electron chi connectivity index (χ4n) is 6.74. The number of hydrogen-bond donors (Lipinski definition) is 3. The van der Waals surface area contributed by atoms with Gasteiger partial charge < -0.3 is 15.0 Å². The molecule has 0 radical (unpaired) electrons. The van der Waals surface area contributed by atoms with Crippen LogP contribution in [-0.2, 0) is 35.3 Å². The summed E-state index contributed by atoms with van der Waals surface area (Å²) >= 11 is 0. The van der Waals surface area contributed by atoms with Crippen molar-refractivity contribution in [2.75, 3.05) is 18.9 Å². The maximum absolute atomic E-state index is 13.9. The van der Waals surface area contributed by atoms with Crippen LogP contribution < -0.4 is 15.4 Å². The second-order valence-electron chi connectivity index (χ2n) is 13.6. The number of carbonyl (C=O) groups is 4. The van der Waals surface area contributed by atoms with E-state index in [0.29, 0.717) is 37.9 Å². The minimum absolute atomic E-state index is 0.0545. The van der Waals surface area contributed by atoms with E-state index in [1.807, 2.05) is 6.08 Å². The molecule has 0 spiro atoms. The number of anilines is 1. The van der Waals surface area contributed by atoms with Gasteiger partial charge in [0.05, 0.1) is 39.7 Å². The lowest BCUT2D eigenvalue weighted by Crippen LogP contribution is -2.54. The van der Waals surface area contributed by atoms with Gasteiger partial charge in [-0.15, -0.1) is 0 Å². The number of sulfonamides is 1. The quantitative estimate of drug-likeness (QED) is 0.379. The number of halogens is 3. The lowest BCUT2D eigenvalue weighted by Gasteiger charge is -2.26. The van der Waals surface area contributed by atoms with E-state index in [9.17, 15) is 40.8 Å². The summed E-state index contributed by atoms with van der Waals surface area (Å²) in [5.41, 5.74) is -2.01. The zero-order valence-corrected chi connectivity index (χ0v) is 28.4. The van der Waals surface area contributed by atoms with Crippen molar-refractivity contribution in [3.8, 4) is 5.69 Å². The van der Waals surface area contributed by atoms with Gasteiger partial charge in [0.1, 0.15) is 11.6 Å². The molecule has 6 rings (SSSR count). The lowest BCUT2D eigenvalue weighted by atomic mass is 9.93. The van der Waals surface area contributed by atoms with E-state index in [1.165, 1.54) is 21.8 Å². The third-order valence-corrected chi connectivity index (χ3v) is 11.6. The number of alkyl halides is 3. The summed E-state index contributed by atoms with van der Waals surface area (Å²) in [6.07, 6.45) is 1.40. The van der Waals surface area contributed by atoms with Crippen molar-refractivity contribution in [1.82, 2.24) is 24.7 Å². The SMILES string of the molecule is Cc1ccn(-c2ccc(C(F)(F)F)cc2NC(=O)OC2CC3C(=O)NC4(C(=O)NS(=O)(=O)C5CC5)CC4/C=C/CCCCN(C)C(=O)C3C2)n1. The van der Waals surface area contributed by atoms with Crippen LogP contribution in [-0.4, -0.2) is 77.4 Å². The van der Waals surface area contributed by atoms with Gasteiger partial charge in [-0.3, -0.25) is 24.4 Å². The second kappa shape index (κ2) is 13.4. The van der Waals surface area contributed by atoms with Crippen molar-refractivity contribution >= 4 is 39.5 Å². The molecule has 5 atom stereocenters. The largest absolute Gasteiger partial charge is 0.446 e. The fourth-order valence-corrected chi connectivity index (χ4v) is 8.11. The second-order valence-corrected chi connectivity index (χ2v) is 15.6. The maximum atomic E-state index is 13.9. The molecule has 3 fully saturated rings. The van der Waals surface area contributed by atoms with Crippen molar-refractivity contribution in [2.24, 2.45) is 17.8 Å². The molecular formula is C33H39F3N6O7S. The Balaban J connectivity index is 1.22. The summed E-state index contributed by atoms with van der Waals surface area (Å²) in [5.74, 6) is -4.31. The maximum Gasteiger partial charge on any atom is 0.416 e. The average Bonchev–Trinajstić information content (AvgIpc) is 3.93. The minimum atomic E-state index is -4.70. The lowest BCUT2D eigenvalue weighted by molar-refractivity contribution is -0.140. The Morgan fingerprint density at radius 1 is 1.10 bits per heavy atom. The summed E-state index contributed by atoms with van der Waals surface area (Å²) in [6.45, 7) is 2.12. The van der Waals surface area contributed by atoms with E-state index in [1.54, 1.807) is 26.1 Å². The van der Waals surface area contributed by atoms with E-state index >= 15 is 0 Å². The Hall–Kier alpha value is -4.41. The van der Waals surface area contributed by atoms with Gasteiger partial charge in [-0.25, -0.2) is 17.9 Å². The van der Waals surface area contributed by atoms with E-state index < -0.39 is 74.3 Å². The number of carbonyl (C=O) groups excluding carboxylic acids is 4. The highest BCUT2D eigenvalue weighted by molar-refractivity contribution is 7.91. The number of amides is 4. The molecule has 3 N–H and O–H groups in total. The smallest absolute Gasteiger partial charge is 0.416 e. The first-order valence-electron chi connectivity index (χ1n) is 16.6. The molecule has 4 aliphatic rings. The summed E-state index contributed by atoms with van der Waals surface area (Å²) in [5, 5.41) is 8.71. The van der Waals surface area contributed by atoms with Crippen LogP contribution >= 0.6 is 0 Å². The molecule has 3 saturated carbocycles. The summed E-state index contributed by atoms with van der Waals surface area (Å²) in [6, 6.07) is 4.44. The number of aryl methyl sites for hydroxylation is 1. The Kier molecular flexibility index (Phi) is 9.47. The number of nitrogens with one attached hydrogen (secondary N) is 3. The zero-order valence-electron chi connectivity index (χ0n) is 27.5. The molecule has 270 valence electrons. The number of hydrogen-bond acceptors (Lipinski definition) is 8. The molecule has 1 aromatic heterocycles. The molecule has 3 aliphatic carbocycles. The van der Waals surface area contributed by atoms with Gasteiger partial charge in [0.2, 0.25) is 21.8 Å². The first-order valence-corrected chi connectivity index (χ1v) is 18.1. The summed E-state index contributed by atoms with van der Waals surface area (Å²) < 4.78 is 75.1. The predicted octanol–water partition coefficient (Wildman–Crippen LogP) is 3.82. The van der Waals surface area contributed by atoms with Crippen LogP contribution in [0.25, 0.3) is 5.69 Å². The Morgan fingerprint density at radius 3 is 2.52 bits per heavy atom. The van der Waals surface area contributed by atoms with Crippen LogP contribution in [0.5, 0.6) is 0 Å². The molecular weight excluding hydrogens is 681 g/mol. The average molecular weight is 721 g/mol. The molecule has 0 saturated heterocycles. The first kappa shape index (κ1) is 35.4. The molecule has 0 bridgehead atoms. The van der Waals surface area contributed by atoms with Gasteiger partial charge in [-0.1, -0.05) is 12.2 Å². The van der Waals surface area contributed by atoms with Crippen LogP contribution in [0.15, 0.2) is 42.6 Å². The molecule has 1 aliphatic heterocycles. The van der Waals surface area contributed by atoms with Crippen LogP contribution in [0, 0.1) is 24.7 Å². The Bertz CT molecular complexity index is 1830. The van der Waals surface area contributed by atoms with E-state index in [2.05, 4.69) is 20.5 Å². The molecule has 17 heteroatoms. The normalized spacial score (nSPS) is 28.1. The number of fused-ring (bicyclic) bond motifs is 2. The third-order valence-electron chi connectivity index (χ3n) is 9.80. The number of rotatable bonds is 6. The van der Waals surface area contributed by atoms with Crippen LogP contribution in [0.1, 0.15) is 62.6 Å². The zero-order chi connectivity index (χ0) is 36.0. The molecule has 13 nitrogen and oxygen atoms in total. The van der Waals surface area contributed by atoms with E-state index in [4.69, 9.17) is 4.74 Å². The first-order chi connectivity index (χ1) is 23.6. The van der Waals surface area contributed by atoms with Gasteiger partial charge in [-0.2, -0.15) is 18.3 Å². The van der Waals surface area contributed by atoms with Crippen molar-refractivity contribution in [2.45, 2.75) is 81.4 Å². The molecule has 2 heterocycles. The van der Waals surface area contributed by atoms with Crippen molar-refractivity contribution in [1.29, 1.82) is 0 Å². The number of allylic oxidation sites excluding steroid dienone is 1. The van der Waals surface area contributed by atoms with E-state index in [-0.39, 0.29) is 36.5 Å². The van der Waals surface area contributed by atoms with E-state index in [0.717, 1.165) is 18.6 Å². The van der Waals surface area contributed by atoms with Gasteiger partial charge in [0.25, 0.3) is 5.91 Å². The van der Waals surface area contributed by atoms with Gasteiger partial charge in [0.15, 0.2) is 0 Å². The van der Waals surface area contributed by atoms with Crippen LogP contribution in [0.4, 0.5) is 23.7 Å². The van der Waals surface area contributed by atoms with Crippen LogP contribution in [0.2, 0.25) is 0 Å². The van der Waals surface area contributed by atoms with Gasteiger partial charge in [0, 0.05) is 25.7 Å². The van der Waals surface area contributed by atoms with Crippen LogP contribution in [0.3, 0.4) is 0 Å². The van der Waals surface area contributed by atoms with Gasteiger partial charge >= 0.3 is 12.3 Å².